The van der Waals surface area contributed by atoms with E-state index in [9.17, 15) is 22.8 Å². The molecule has 2 aromatic rings. The van der Waals surface area contributed by atoms with Crippen molar-refractivity contribution < 1.29 is 32.3 Å². The second-order valence-corrected chi connectivity index (χ2v) is 13.8. The van der Waals surface area contributed by atoms with Crippen LogP contribution in [0, 0.1) is 0 Å². The standard InChI is InChI=1S/C31H41N5O7S/c1-3-31(30(39)35-44(40,41)23-11-12-23)15-8-6-4-5-7-9-25(32)29(38)36-19-22(18-26(36)27(37)34-31)43-28-24-13-10-21(42-2)17-20(24)14-16-33-28/h8,10,13-17,22-23,25-26H,3-7,9,11-12,18-19,32H2,1-2H3,(H,34,37)(H,35,39)/b15-8-/t22-,25+,26+,31-/m1/s1. The van der Waals surface area contributed by atoms with Gasteiger partial charge in [0, 0.05) is 18.0 Å². The molecule has 0 spiro atoms. The van der Waals surface area contributed by atoms with Crippen molar-refractivity contribution in [2.45, 2.75) is 93.7 Å². The normalized spacial score (nSPS) is 27.6. The van der Waals surface area contributed by atoms with E-state index < -0.39 is 50.8 Å². The van der Waals surface area contributed by atoms with Crippen LogP contribution in [0.2, 0.25) is 0 Å². The van der Waals surface area contributed by atoms with Gasteiger partial charge in [-0.25, -0.2) is 13.4 Å². The number of hydrogen-bond acceptors (Lipinski definition) is 9. The number of pyridine rings is 1. The minimum absolute atomic E-state index is 0.0933. The first kappa shape index (κ1) is 31.7. The number of fused-ring (bicyclic) bond motifs is 2. The molecule has 4 atom stereocenters. The molecule has 1 saturated heterocycles. The largest absolute Gasteiger partial charge is 0.497 e. The van der Waals surface area contributed by atoms with E-state index in [1.807, 2.05) is 24.3 Å². The predicted octanol–water partition coefficient (Wildman–Crippen LogP) is 2.31. The SMILES string of the molecule is CC[C@]1(C(=O)NS(=O)(=O)C2CC2)/C=C\CCCCC[C@H](N)C(=O)N2C[C@H](Oc3nccc4cc(OC)ccc34)C[C@H]2C(=O)N1. The summed E-state index contributed by atoms with van der Waals surface area (Å²) in [7, 11) is -2.28. The Bertz CT molecular complexity index is 1540. The summed E-state index contributed by atoms with van der Waals surface area (Å²) in [4.78, 5) is 47.0. The molecular weight excluding hydrogens is 586 g/mol. The number of nitrogens with zero attached hydrogens (tertiary/aromatic N) is 2. The van der Waals surface area contributed by atoms with E-state index in [1.54, 1.807) is 32.4 Å². The van der Waals surface area contributed by atoms with Gasteiger partial charge in [0.15, 0.2) is 0 Å². The number of amides is 3. The van der Waals surface area contributed by atoms with Crippen LogP contribution >= 0.6 is 0 Å². The highest BCUT2D eigenvalue weighted by atomic mass is 32.2. The fourth-order valence-corrected chi connectivity index (χ4v) is 7.20. The minimum Gasteiger partial charge on any atom is -0.497 e. The Morgan fingerprint density at radius 2 is 1.98 bits per heavy atom. The average molecular weight is 628 g/mol. The fourth-order valence-electron chi connectivity index (χ4n) is 5.83. The number of aromatic nitrogens is 1. The highest BCUT2D eigenvalue weighted by Gasteiger charge is 2.47. The van der Waals surface area contributed by atoms with Crippen molar-refractivity contribution in [3.05, 3.63) is 42.6 Å². The van der Waals surface area contributed by atoms with Crippen molar-refractivity contribution in [2.24, 2.45) is 5.73 Å². The molecule has 2 aliphatic heterocycles. The molecule has 3 aliphatic rings. The van der Waals surface area contributed by atoms with Gasteiger partial charge in [-0.3, -0.25) is 19.1 Å². The number of methoxy groups -OCH3 is 1. The Labute approximate surface area is 257 Å². The summed E-state index contributed by atoms with van der Waals surface area (Å²) in [6, 6.07) is 5.55. The Morgan fingerprint density at radius 1 is 1.18 bits per heavy atom. The zero-order valence-electron chi connectivity index (χ0n) is 25.2. The lowest BCUT2D eigenvalue weighted by Gasteiger charge is -2.33. The molecule has 0 unspecified atom stereocenters. The number of ether oxygens (including phenoxy) is 2. The van der Waals surface area contributed by atoms with E-state index in [0.717, 1.165) is 30.0 Å². The zero-order valence-corrected chi connectivity index (χ0v) is 26.0. The molecule has 3 amide bonds. The third kappa shape index (κ3) is 6.83. The Hall–Kier alpha value is -3.71. The molecule has 1 aliphatic carbocycles. The van der Waals surface area contributed by atoms with Crippen molar-refractivity contribution in [1.82, 2.24) is 19.9 Å². The zero-order chi connectivity index (χ0) is 31.5. The van der Waals surface area contributed by atoms with Crippen LogP contribution in [-0.2, 0) is 24.4 Å². The van der Waals surface area contributed by atoms with Crippen molar-refractivity contribution in [1.29, 1.82) is 0 Å². The van der Waals surface area contributed by atoms with Gasteiger partial charge in [-0.2, -0.15) is 0 Å². The third-order valence-electron chi connectivity index (χ3n) is 8.67. The minimum atomic E-state index is -3.86. The first-order valence-corrected chi connectivity index (χ1v) is 16.8. The molecule has 1 aromatic carbocycles. The lowest BCUT2D eigenvalue weighted by molar-refractivity contribution is -0.141. The summed E-state index contributed by atoms with van der Waals surface area (Å²) in [6.45, 7) is 1.80. The van der Waals surface area contributed by atoms with Gasteiger partial charge in [0.25, 0.3) is 5.91 Å². The van der Waals surface area contributed by atoms with Crippen molar-refractivity contribution in [3.63, 3.8) is 0 Å². The smallest absolute Gasteiger partial charge is 0.263 e. The number of hydrogen-bond donors (Lipinski definition) is 3. The highest BCUT2D eigenvalue weighted by Crippen LogP contribution is 2.31. The van der Waals surface area contributed by atoms with E-state index in [-0.39, 0.29) is 25.3 Å². The van der Waals surface area contributed by atoms with Gasteiger partial charge in [-0.05, 0) is 68.2 Å². The van der Waals surface area contributed by atoms with Crippen LogP contribution in [0.1, 0.15) is 64.7 Å². The summed E-state index contributed by atoms with van der Waals surface area (Å²) >= 11 is 0. The molecule has 1 aromatic heterocycles. The topological polar surface area (TPSA) is 170 Å². The van der Waals surface area contributed by atoms with Crippen molar-refractivity contribution >= 4 is 38.5 Å². The maximum absolute atomic E-state index is 14.0. The number of carbonyl (C=O) groups excluding carboxylic acids is 3. The van der Waals surface area contributed by atoms with E-state index in [2.05, 4.69) is 15.0 Å². The van der Waals surface area contributed by atoms with Crippen LogP contribution in [0.25, 0.3) is 10.8 Å². The van der Waals surface area contributed by atoms with Crippen molar-refractivity contribution in [3.8, 4) is 11.6 Å². The predicted molar refractivity (Wildman–Crippen MR) is 164 cm³/mol. The molecule has 2 fully saturated rings. The van der Waals surface area contributed by atoms with Gasteiger partial charge in [-0.15, -0.1) is 0 Å². The van der Waals surface area contributed by atoms with Gasteiger partial charge in [0.05, 0.1) is 24.9 Å². The maximum atomic E-state index is 14.0. The molecule has 0 radical (unpaired) electrons. The molecule has 1 saturated carbocycles. The van der Waals surface area contributed by atoms with Crippen LogP contribution in [0.4, 0.5) is 0 Å². The van der Waals surface area contributed by atoms with Crippen LogP contribution < -0.4 is 25.2 Å². The summed E-state index contributed by atoms with van der Waals surface area (Å²) in [5.41, 5.74) is 4.70. The molecule has 12 nitrogen and oxygen atoms in total. The molecule has 13 heteroatoms. The summed E-state index contributed by atoms with van der Waals surface area (Å²) in [6.07, 6.45) is 9.08. The second-order valence-electron chi connectivity index (χ2n) is 11.8. The number of nitrogens with one attached hydrogen (secondary N) is 2. The van der Waals surface area contributed by atoms with E-state index in [0.29, 0.717) is 37.3 Å². The van der Waals surface area contributed by atoms with Crippen LogP contribution in [0.3, 0.4) is 0 Å². The fraction of sp³-hybridized carbons (Fsp3) is 0.548. The number of carbonyl (C=O) groups is 3. The van der Waals surface area contributed by atoms with Crippen LogP contribution in [0.15, 0.2) is 42.6 Å². The van der Waals surface area contributed by atoms with Gasteiger partial charge in [0.1, 0.15) is 23.4 Å². The Morgan fingerprint density at radius 3 is 2.70 bits per heavy atom. The van der Waals surface area contributed by atoms with Crippen LogP contribution in [-0.4, -0.2) is 78.7 Å². The number of nitrogens with two attached hydrogens (primary N) is 1. The molecule has 44 heavy (non-hydrogen) atoms. The maximum Gasteiger partial charge on any atom is 0.263 e. The third-order valence-corrected chi connectivity index (χ3v) is 10.5. The number of sulfonamides is 1. The average Bonchev–Trinajstić information content (AvgIpc) is 3.80. The van der Waals surface area contributed by atoms with E-state index >= 15 is 0 Å². The number of allylic oxidation sites excluding steroid dienone is 1. The molecule has 4 N–H and O–H groups in total. The summed E-state index contributed by atoms with van der Waals surface area (Å²) < 4.78 is 39.2. The van der Waals surface area contributed by atoms with Gasteiger partial charge in [-0.1, -0.05) is 31.9 Å². The molecule has 0 bridgehead atoms. The van der Waals surface area contributed by atoms with Gasteiger partial charge >= 0.3 is 0 Å². The van der Waals surface area contributed by atoms with Crippen molar-refractivity contribution in [2.75, 3.05) is 13.7 Å². The molecule has 3 heterocycles. The first-order chi connectivity index (χ1) is 21.1. The van der Waals surface area contributed by atoms with E-state index in [4.69, 9.17) is 15.2 Å². The van der Waals surface area contributed by atoms with Gasteiger partial charge in [0.2, 0.25) is 27.7 Å². The highest BCUT2D eigenvalue weighted by molar-refractivity contribution is 7.91. The molecule has 238 valence electrons. The Kier molecular flexibility index (Phi) is 9.45. The van der Waals surface area contributed by atoms with E-state index in [1.165, 1.54) is 4.90 Å². The quantitative estimate of drug-likeness (QED) is 0.390. The number of rotatable bonds is 7. The molecule has 5 rings (SSSR count). The lowest BCUT2D eigenvalue weighted by atomic mass is 9.92. The van der Waals surface area contributed by atoms with Crippen LogP contribution in [0.5, 0.6) is 11.6 Å². The summed E-state index contributed by atoms with van der Waals surface area (Å²) in [5, 5.41) is 3.82. The number of benzene rings is 1. The lowest BCUT2D eigenvalue weighted by Crippen LogP contribution is -2.62. The monoisotopic (exact) mass is 627 g/mol. The van der Waals surface area contributed by atoms with Gasteiger partial charge < -0.3 is 25.4 Å². The Balaban J connectivity index is 1.44. The first-order valence-electron chi connectivity index (χ1n) is 15.3. The molecular formula is C31H41N5O7S. The second kappa shape index (κ2) is 13.1. The summed E-state index contributed by atoms with van der Waals surface area (Å²) in [5.74, 6) is -0.741.